The molecule has 3 nitrogen and oxygen atoms in total. The molecule has 0 atom stereocenters. The molecule has 0 unspecified atom stereocenters. The van der Waals surface area contributed by atoms with Gasteiger partial charge in [-0.1, -0.05) is 0 Å². The van der Waals surface area contributed by atoms with Crippen LogP contribution in [0.15, 0.2) is 24.3 Å². The molecule has 1 amide bonds. The number of rotatable bonds is 3. The highest BCUT2D eigenvalue weighted by Crippen LogP contribution is 2.24. The lowest BCUT2D eigenvalue weighted by Crippen LogP contribution is -2.23. The van der Waals surface area contributed by atoms with Crippen LogP contribution in [0.2, 0.25) is 0 Å². The molecule has 1 heterocycles. The van der Waals surface area contributed by atoms with Crippen LogP contribution in [0.4, 0.5) is 5.69 Å². The molecule has 0 N–H and O–H groups in total. The first-order valence-corrected chi connectivity index (χ1v) is 5.74. The van der Waals surface area contributed by atoms with Gasteiger partial charge >= 0.3 is 0 Å². The van der Waals surface area contributed by atoms with E-state index >= 15 is 0 Å². The van der Waals surface area contributed by atoms with Crippen LogP contribution in [-0.4, -0.2) is 18.6 Å². The number of anilines is 1. The summed E-state index contributed by atoms with van der Waals surface area (Å²) in [5.74, 6) is 1.07. The van der Waals surface area contributed by atoms with Gasteiger partial charge in [-0.2, -0.15) is 0 Å². The van der Waals surface area contributed by atoms with Crippen LogP contribution in [0.1, 0.15) is 26.7 Å². The van der Waals surface area contributed by atoms with E-state index in [0.29, 0.717) is 6.42 Å². The molecule has 1 saturated heterocycles. The third-order valence-electron chi connectivity index (χ3n) is 2.59. The molecule has 16 heavy (non-hydrogen) atoms. The van der Waals surface area contributed by atoms with E-state index in [-0.39, 0.29) is 12.0 Å². The summed E-state index contributed by atoms with van der Waals surface area (Å²) in [6.07, 6.45) is 1.81. The van der Waals surface area contributed by atoms with Crippen molar-refractivity contribution in [1.29, 1.82) is 0 Å². The fourth-order valence-corrected chi connectivity index (χ4v) is 1.90. The highest BCUT2D eigenvalue weighted by atomic mass is 16.5. The van der Waals surface area contributed by atoms with Crippen LogP contribution in [0, 0.1) is 0 Å². The molecule has 0 radical (unpaired) electrons. The van der Waals surface area contributed by atoms with Gasteiger partial charge in [0.25, 0.3) is 0 Å². The molecule has 1 aliphatic rings. The molecule has 0 saturated carbocycles. The van der Waals surface area contributed by atoms with E-state index in [1.807, 2.05) is 43.0 Å². The van der Waals surface area contributed by atoms with E-state index in [4.69, 9.17) is 4.74 Å². The minimum absolute atomic E-state index is 0.180. The van der Waals surface area contributed by atoms with Gasteiger partial charge in [0.1, 0.15) is 5.75 Å². The van der Waals surface area contributed by atoms with Gasteiger partial charge in [0, 0.05) is 18.7 Å². The fourth-order valence-electron chi connectivity index (χ4n) is 1.90. The topological polar surface area (TPSA) is 29.5 Å². The monoisotopic (exact) mass is 219 g/mol. The Morgan fingerprint density at radius 2 is 1.94 bits per heavy atom. The third kappa shape index (κ3) is 2.35. The molecular formula is C13H17NO2. The largest absolute Gasteiger partial charge is 0.491 e. The van der Waals surface area contributed by atoms with Crippen LogP contribution < -0.4 is 9.64 Å². The van der Waals surface area contributed by atoms with E-state index in [0.717, 1.165) is 24.4 Å². The van der Waals surface area contributed by atoms with E-state index in [9.17, 15) is 4.79 Å². The molecule has 1 aliphatic heterocycles. The first kappa shape index (κ1) is 11.0. The molecule has 0 aromatic heterocycles. The van der Waals surface area contributed by atoms with Crippen molar-refractivity contribution in [3.8, 4) is 5.75 Å². The minimum atomic E-state index is 0.180. The van der Waals surface area contributed by atoms with Crippen LogP contribution in [-0.2, 0) is 4.79 Å². The van der Waals surface area contributed by atoms with Crippen molar-refractivity contribution in [1.82, 2.24) is 0 Å². The summed E-state index contributed by atoms with van der Waals surface area (Å²) in [6, 6.07) is 7.73. The Hall–Kier alpha value is -1.51. The molecule has 1 fully saturated rings. The van der Waals surface area contributed by atoms with Crippen LogP contribution in [0.3, 0.4) is 0 Å². The molecule has 1 aromatic carbocycles. The zero-order valence-corrected chi connectivity index (χ0v) is 9.77. The van der Waals surface area contributed by atoms with Crippen molar-refractivity contribution in [2.24, 2.45) is 0 Å². The highest BCUT2D eigenvalue weighted by Gasteiger charge is 2.21. The Labute approximate surface area is 96.0 Å². The Balaban J connectivity index is 2.09. The quantitative estimate of drug-likeness (QED) is 0.782. The first-order valence-electron chi connectivity index (χ1n) is 5.74. The van der Waals surface area contributed by atoms with E-state index < -0.39 is 0 Å². The van der Waals surface area contributed by atoms with Gasteiger partial charge in [0.15, 0.2) is 0 Å². The minimum Gasteiger partial charge on any atom is -0.491 e. The molecule has 0 spiro atoms. The number of benzene rings is 1. The Bertz CT molecular complexity index is 370. The molecule has 2 rings (SSSR count). The van der Waals surface area contributed by atoms with Crippen molar-refractivity contribution in [2.75, 3.05) is 11.4 Å². The smallest absolute Gasteiger partial charge is 0.227 e. The van der Waals surface area contributed by atoms with Gasteiger partial charge in [0.05, 0.1) is 6.10 Å². The lowest BCUT2D eigenvalue weighted by Gasteiger charge is -2.16. The second-order valence-electron chi connectivity index (χ2n) is 4.31. The predicted octanol–water partition coefficient (Wildman–Crippen LogP) is 2.60. The summed E-state index contributed by atoms with van der Waals surface area (Å²) in [4.78, 5) is 13.4. The van der Waals surface area contributed by atoms with Crippen molar-refractivity contribution < 1.29 is 9.53 Å². The summed E-state index contributed by atoms with van der Waals surface area (Å²) >= 11 is 0. The zero-order valence-electron chi connectivity index (χ0n) is 9.77. The SMILES string of the molecule is CC(C)Oc1ccc(N2CCCC2=O)cc1. The van der Waals surface area contributed by atoms with E-state index in [1.54, 1.807) is 0 Å². The van der Waals surface area contributed by atoms with E-state index in [1.165, 1.54) is 0 Å². The normalized spacial score (nSPS) is 15.9. The third-order valence-corrected chi connectivity index (χ3v) is 2.59. The number of nitrogens with zero attached hydrogens (tertiary/aromatic N) is 1. The van der Waals surface area contributed by atoms with Gasteiger partial charge < -0.3 is 9.64 Å². The first-order chi connectivity index (χ1) is 7.66. The van der Waals surface area contributed by atoms with Gasteiger partial charge in [-0.25, -0.2) is 0 Å². The van der Waals surface area contributed by atoms with Gasteiger partial charge in [-0.3, -0.25) is 4.79 Å². The predicted molar refractivity (Wildman–Crippen MR) is 63.8 cm³/mol. The number of carbonyl (C=O) groups is 1. The van der Waals surface area contributed by atoms with Crippen molar-refractivity contribution in [2.45, 2.75) is 32.8 Å². The molecule has 0 aliphatic carbocycles. The second kappa shape index (κ2) is 4.56. The second-order valence-corrected chi connectivity index (χ2v) is 4.31. The molecule has 1 aromatic rings. The van der Waals surface area contributed by atoms with Crippen LogP contribution in [0.5, 0.6) is 5.75 Å². The fraction of sp³-hybridized carbons (Fsp3) is 0.462. The number of hydrogen-bond acceptors (Lipinski definition) is 2. The summed E-state index contributed by atoms with van der Waals surface area (Å²) in [5.41, 5.74) is 0.971. The Morgan fingerprint density at radius 3 is 2.44 bits per heavy atom. The molecule has 3 heteroatoms. The maximum Gasteiger partial charge on any atom is 0.227 e. The standard InChI is InChI=1S/C13H17NO2/c1-10(2)16-12-7-5-11(6-8-12)14-9-3-4-13(14)15/h5-8,10H,3-4,9H2,1-2H3. The summed E-state index contributed by atoms with van der Waals surface area (Å²) in [5, 5.41) is 0. The Kier molecular flexibility index (Phi) is 3.13. The van der Waals surface area contributed by atoms with Crippen LogP contribution in [0.25, 0.3) is 0 Å². The highest BCUT2D eigenvalue weighted by molar-refractivity contribution is 5.95. The lowest BCUT2D eigenvalue weighted by molar-refractivity contribution is -0.117. The summed E-state index contributed by atoms with van der Waals surface area (Å²) in [6.45, 7) is 4.83. The maximum atomic E-state index is 11.5. The number of hydrogen-bond donors (Lipinski definition) is 0. The average molecular weight is 219 g/mol. The molecule has 86 valence electrons. The summed E-state index contributed by atoms with van der Waals surface area (Å²) < 4.78 is 5.56. The van der Waals surface area contributed by atoms with Crippen molar-refractivity contribution in [3.05, 3.63) is 24.3 Å². The summed E-state index contributed by atoms with van der Waals surface area (Å²) in [7, 11) is 0. The zero-order chi connectivity index (χ0) is 11.5. The van der Waals surface area contributed by atoms with Crippen molar-refractivity contribution in [3.63, 3.8) is 0 Å². The Morgan fingerprint density at radius 1 is 1.25 bits per heavy atom. The lowest BCUT2D eigenvalue weighted by atomic mass is 10.3. The van der Waals surface area contributed by atoms with Crippen molar-refractivity contribution >= 4 is 11.6 Å². The van der Waals surface area contributed by atoms with Gasteiger partial charge in [-0.15, -0.1) is 0 Å². The van der Waals surface area contributed by atoms with Crippen LogP contribution >= 0.6 is 0 Å². The number of carbonyl (C=O) groups excluding carboxylic acids is 1. The number of ether oxygens (including phenoxy) is 1. The molecular weight excluding hydrogens is 202 g/mol. The maximum absolute atomic E-state index is 11.5. The van der Waals surface area contributed by atoms with E-state index in [2.05, 4.69) is 0 Å². The average Bonchev–Trinajstić information content (AvgIpc) is 2.65. The number of amides is 1. The van der Waals surface area contributed by atoms with Gasteiger partial charge in [-0.05, 0) is 44.5 Å². The van der Waals surface area contributed by atoms with Gasteiger partial charge in [0.2, 0.25) is 5.91 Å². The molecule has 0 bridgehead atoms.